The maximum absolute atomic E-state index is 12.0. The van der Waals surface area contributed by atoms with Crippen molar-refractivity contribution in [1.82, 2.24) is 0 Å². The quantitative estimate of drug-likeness (QED) is 0.730. The number of hydrogen-bond donors (Lipinski definition) is 3. The number of nitrogens with one attached hydrogen (secondary N) is 3. The van der Waals surface area contributed by atoms with Gasteiger partial charge in [-0.05, 0) is 36.4 Å². The van der Waals surface area contributed by atoms with Crippen molar-refractivity contribution in [3.8, 4) is 5.75 Å². The van der Waals surface area contributed by atoms with Gasteiger partial charge in [0.2, 0.25) is 11.8 Å². The second-order valence-electron chi connectivity index (χ2n) is 5.11. The standard InChI is InChI=1S/C18H21N3O3/c1-3-17(22)20-14-9-7-13(8-10-14)19-12-18(23)21-15-5-4-6-16(11-15)24-2/h4-11,19H,3,12H2,1-2H3,(H,20,22)(H,21,23). The first-order valence-corrected chi connectivity index (χ1v) is 7.68. The lowest BCUT2D eigenvalue weighted by Crippen LogP contribution is -2.21. The van der Waals surface area contributed by atoms with Crippen LogP contribution in [0.25, 0.3) is 0 Å². The highest BCUT2D eigenvalue weighted by Crippen LogP contribution is 2.17. The Morgan fingerprint density at radius 3 is 2.25 bits per heavy atom. The Balaban J connectivity index is 1.83. The van der Waals surface area contributed by atoms with Crippen LogP contribution in [-0.4, -0.2) is 25.5 Å². The lowest BCUT2D eigenvalue weighted by molar-refractivity contribution is -0.116. The Bertz CT molecular complexity index is 699. The van der Waals surface area contributed by atoms with Crippen molar-refractivity contribution >= 4 is 28.9 Å². The van der Waals surface area contributed by atoms with E-state index in [2.05, 4.69) is 16.0 Å². The van der Waals surface area contributed by atoms with Gasteiger partial charge in [0.15, 0.2) is 0 Å². The molecule has 6 heteroatoms. The van der Waals surface area contributed by atoms with Crippen LogP contribution < -0.4 is 20.7 Å². The molecule has 2 rings (SSSR count). The van der Waals surface area contributed by atoms with Gasteiger partial charge in [0.25, 0.3) is 0 Å². The fraction of sp³-hybridized carbons (Fsp3) is 0.222. The predicted molar refractivity (Wildman–Crippen MR) is 95.5 cm³/mol. The van der Waals surface area contributed by atoms with Crippen molar-refractivity contribution in [2.24, 2.45) is 0 Å². The van der Waals surface area contributed by atoms with E-state index in [4.69, 9.17) is 4.74 Å². The van der Waals surface area contributed by atoms with E-state index in [0.717, 1.165) is 11.4 Å². The predicted octanol–water partition coefficient (Wildman–Crippen LogP) is 3.09. The summed E-state index contributed by atoms with van der Waals surface area (Å²) in [6.07, 6.45) is 0.435. The molecule has 24 heavy (non-hydrogen) atoms. The van der Waals surface area contributed by atoms with Crippen LogP contribution >= 0.6 is 0 Å². The molecule has 0 atom stereocenters. The first-order chi connectivity index (χ1) is 11.6. The number of ether oxygens (including phenoxy) is 1. The van der Waals surface area contributed by atoms with E-state index in [1.165, 1.54) is 0 Å². The van der Waals surface area contributed by atoms with E-state index in [0.29, 0.717) is 17.9 Å². The highest BCUT2D eigenvalue weighted by Gasteiger charge is 2.04. The van der Waals surface area contributed by atoms with Gasteiger partial charge in [0.1, 0.15) is 5.75 Å². The molecule has 2 amide bonds. The van der Waals surface area contributed by atoms with Crippen molar-refractivity contribution in [1.29, 1.82) is 0 Å². The van der Waals surface area contributed by atoms with E-state index in [1.807, 2.05) is 24.3 Å². The number of amides is 2. The maximum atomic E-state index is 12.0. The first-order valence-electron chi connectivity index (χ1n) is 7.68. The second-order valence-corrected chi connectivity index (χ2v) is 5.11. The second kappa shape index (κ2) is 8.57. The van der Waals surface area contributed by atoms with Gasteiger partial charge in [-0.15, -0.1) is 0 Å². The molecule has 2 aromatic rings. The van der Waals surface area contributed by atoms with Crippen LogP contribution in [0, 0.1) is 0 Å². The van der Waals surface area contributed by atoms with Crippen LogP contribution in [0.1, 0.15) is 13.3 Å². The summed E-state index contributed by atoms with van der Waals surface area (Å²) in [7, 11) is 1.58. The summed E-state index contributed by atoms with van der Waals surface area (Å²) >= 11 is 0. The van der Waals surface area contributed by atoms with Crippen molar-refractivity contribution < 1.29 is 14.3 Å². The zero-order valence-electron chi connectivity index (χ0n) is 13.8. The smallest absolute Gasteiger partial charge is 0.243 e. The molecule has 2 aromatic carbocycles. The summed E-state index contributed by atoms with van der Waals surface area (Å²) in [5.74, 6) is 0.491. The average molecular weight is 327 g/mol. The number of benzene rings is 2. The Morgan fingerprint density at radius 2 is 1.58 bits per heavy atom. The topological polar surface area (TPSA) is 79.5 Å². The summed E-state index contributed by atoms with van der Waals surface area (Å²) in [5.41, 5.74) is 2.21. The summed E-state index contributed by atoms with van der Waals surface area (Å²) in [6, 6.07) is 14.4. The molecule has 0 saturated carbocycles. The fourth-order valence-electron chi connectivity index (χ4n) is 2.01. The van der Waals surface area contributed by atoms with E-state index < -0.39 is 0 Å². The van der Waals surface area contributed by atoms with Crippen LogP contribution in [0.15, 0.2) is 48.5 Å². The van der Waals surface area contributed by atoms with Crippen LogP contribution in [0.2, 0.25) is 0 Å². The van der Waals surface area contributed by atoms with Crippen molar-refractivity contribution in [3.05, 3.63) is 48.5 Å². The molecular formula is C18H21N3O3. The minimum Gasteiger partial charge on any atom is -0.497 e. The molecule has 0 aliphatic heterocycles. The highest BCUT2D eigenvalue weighted by molar-refractivity contribution is 5.94. The molecule has 0 unspecified atom stereocenters. The summed E-state index contributed by atoms with van der Waals surface area (Å²) in [4.78, 5) is 23.3. The van der Waals surface area contributed by atoms with Crippen molar-refractivity contribution in [3.63, 3.8) is 0 Å². The minimum atomic E-state index is -0.161. The van der Waals surface area contributed by atoms with Crippen LogP contribution in [-0.2, 0) is 9.59 Å². The lowest BCUT2D eigenvalue weighted by atomic mass is 10.2. The molecule has 0 aliphatic rings. The van der Waals surface area contributed by atoms with E-state index in [-0.39, 0.29) is 18.4 Å². The highest BCUT2D eigenvalue weighted by atomic mass is 16.5. The molecule has 0 aliphatic carbocycles. The number of hydrogen-bond acceptors (Lipinski definition) is 4. The Kier molecular flexibility index (Phi) is 6.19. The van der Waals surface area contributed by atoms with Crippen molar-refractivity contribution in [2.75, 3.05) is 29.6 Å². The molecule has 0 fully saturated rings. The Morgan fingerprint density at radius 1 is 0.917 bits per heavy atom. The largest absolute Gasteiger partial charge is 0.497 e. The van der Waals surface area contributed by atoms with Gasteiger partial charge in [-0.2, -0.15) is 0 Å². The number of methoxy groups -OCH3 is 1. The third-order valence-electron chi connectivity index (χ3n) is 3.30. The van der Waals surface area contributed by atoms with Gasteiger partial charge in [-0.1, -0.05) is 13.0 Å². The lowest BCUT2D eigenvalue weighted by Gasteiger charge is -2.10. The summed E-state index contributed by atoms with van der Waals surface area (Å²) in [6.45, 7) is 1.93. The number of anilines is 3. The monoisotopic (exact) mass is 327 g/mol. The molecule has 0 heterocycles. The van der Waals surface area contributed by atoms with Crippen molar-refractivity contribution in [2.45, 2.75) is 13.3 Å². The fourth-order valence-corrected chi connectivity index (χ4v) is 2.01. The third-order valence-corrected chi connectivity index (χ3v) is 3.30. The normalized spacial score (nSPS) is 9.92. The number of carbonyl (C=O) groups is 2. The molecule has 0 spiro atoms. The zero-order chi connectivity index (χ0) is 17.4. The van der Waals surface area contributed by atoms with E-state index in [1.54, 1.807) is 38.3 Å². The summed E-state index contributed by atoms with van der Waals surface area (Å²) < 4.78 is 5.12. The molecule has 0 aromatic heterocycles. The third kappa shape index (κ3) is 5.31. The molecule has 126 valence electrons. The van der Waals surface area contributed by atoms with Gasteiger partial charge in [0, 0.05) is 29.5 Å². The molecule has 0 saturated heterocycles. The SMILES string of the molecule is CCC(=O)Nc1ccc(NCC(=O)Nc2cccc(OC)c2)cc1. The molecule has 3 N–H and O–H groups in total. The molecule has 0 radical (unpaired) electrons. The maximum Gasteiger partial charge on any atom is 0.243 e. The minimum absolute atomic E-state index is 0.0339. The number of rotatable bonds is 7. The molecular weight excluding hydrogens is 306 g/mol. The van der Waals surface area contributed by atoms with E-state index in [9.17, 15) is 9.59 Å². The summed E-state index contributed by atoms with van der Waals surface area (Å²) in [5, 5.41) is 8.59. The van der Waals surface area contributed by atoms with Gasteiger partial charge < -0.3 is 20.7 Å². The van der Waals surface area contributed by atoms with Crippen LogP contribution in [0.5, 0.6) is 5.75 Å². The van der Waals surface area contributed by atoms with Gasteiger partial charge in [0.05, 0.1) is 13.7 Å². The van der Waals surface area contributed by atoms with Gasteiger partial charge >= 0.3 is 0 Å². The molecule has 6 nitrogen and oxygen atoms in total. The van der Waals surface area contributed by atoms with Gasteiger partial charge in [-0.25, -0.2) is 0 Å². The number of carbonyl (C=O) groups excluding carboxylic acids is 2. The zero-order valence-corrected chi connectivity index (χ0v) is 13.8. The first kappa shape index (κ1) is 17.3. The van der Waals surface area contributed by atoms with Gasteiger partial charge in [-0.3, -0.25) is 9.59 Å². The Hall–Kier alpha value is -3.02. The molecule has 0 bridgehead atoms. The van der Waals surface area contributed by atoms with E-state index >= 15 is 0 Å². The van der Waals surface area contributed by atoms with Crippen LogP contribution in [0.4, 0.5) is 17.1 Å². The Labute approximate surface area is 141 Å². The average Bonchev–Trinajstić information content (AvgIpc) is 2.61. The van der Waals surface area contributed by atoms with Crippen LogP contribution in [0.3, 0.4) is 0 Å².